The molecule has 0 saturated heterocycles. The summed E-state index contributed by atoms with van der Waals surface area (Å²) in [6.45, 7) is 18.0. The Hall–Kier alpha value is -3.05. The highest BCUT2D eigenvalue weighted by Crippen LogP contribution is 2.32. The number of amides is 3. The van der Waals surface area contributed by atoms with E-state index in [9.17, 15) is 19.5 Å². The minimum absolute atomic E-state index is 0.0378. The van der Waals surface area contributed by atoms with Gasteiger partial charge in [0.25, 0.3) is 0 Å². The molecule has 264 valence electrons. The van der Waals surface area contributed by atoms with Gasteiger partial charge in [0.05, 0.1) is 25.9 Å². The molecule has 0 aliphatic carbocycles. The van der Waals surface area contributed by atoms with E-state index in [1.54, 1.807) is 48.8 Å². The number of alkyl carbamates (subject to hydrolysis) is 1. The van der Waals surface area contributed by atoms with E-state index in [0.717, 1.165) is 12.0 Å². The van der Waals surface area contributed by atoms with Crippen LogP contribution in [0.2, 0.25) is 0 Å². The summed E-state index contributed by atoms with van der Waals surface area (Å²) in [7, 11) is 3.25. The molecule has 0 aliphatic rings. The van der Waals surface area contributed by atoms with Crippen molar-refractivity contribution in [3.63, 3.8) is 0 Å². The highest BCUT2D eigenvalue weighted by Gasteiger charge is 2.35. The molecule has 0 unspecified atom stereocenters. The standard InChI is InChI=1S/C35H61N3O8/c1-21(2)25(17-24-13-14-29(44-11)30(18-24)45-16-12-15-43-10)19-27(37-34(42)46-35(7,8)9)28(39)20-26(22(3)4)33(41)38-31(23(5)6)32(36)40/h13-14,18,21-23,25-28,31,39H,12,15-17,19-20H2,1-11H3,(H2,36,40)(H,37,42)(H,38,41)/t25-,26-,27-,28-,31-/m0/s1. The molecule has 1 aromatic carbocycles. The fourth-order valence-electron chi connectivity index (χ4n) is 5.27. The number of hydrogen-bond acceptors (Lipinski definition) is 8. The number of nitrogens with one attached hydrogen (secondary N) is 2. The molecule has 0 saturated carbocycles. The molecule has 5 N–H and O–H groups in total. The molecule has 3 amide bonds. The van der Waals surface area contributed by atoms with E-state index in [2.05, 4.69) is 24.5 Å². The van der Waals surface area contributed by atoms with Crippen molar-refractivity contribution in [2.45, 2.75) is 112 Å². The van der Waals surface area contributed by atoms with Crippen LogP contribution in [-0.4, -0.2) is 74.2 Å². The van der Waals surface area contributed by atoms with Crippen LogP contribution in [0.5, 0.6) is 11.5 Å². The zero-order chi connectivity index (χ0) is 35.2. The van der Waals surface area contributed by atoms with Crippen LogP contribution < -0.4 is 25.8 Å². The number of primary amides is 1. The third-order valence-corrected chi connectivity index (χ3v) is 8.05. The fourth-order valence-corrected chi connectivity index (χ4v) is 5.27. The van der Waals surface area contributed by atoms with Gasteiger partial charge in [-0.25, -0.2) is 4.79 Å². The number of nitrogens with two attached hydrogens (primary N) is 1. The topological polar surface area (TPSA) is 158 Å². The smallest absolute Gasteiger partial charge is 0.407 e. The van der Waals surface area contributed by atoms with Crippen molar-refractivity contribution >= 4 is 17.9 Å². The van der Waals surface area contributed by atoms with Crippen molar-refractivity contribution in [1.29, 1.82) is 0 Å². The monoisotopic (exact) mass is 651 g/mol. The van der Waals surface area contributed by atoms with Gasteiger partial charge in [-0.15, -0.1) is 0 Å². The summed E-state index contributed by atoms with van der Waals surface area (Å²) in [5.41, 5.74) is 5.83. The molecule has 0 spiro atoms. The second-order valence-electron chi connectivity index (χ2n) is 14.2. The Kier molecular flexibility index (Phi) is 17.4. The van der Waals surface area contributed by atoms with Crippen LogP contribution in [0.3, 0.4) is 0 Å². The second kappa shape index (κ2) is 19.6. The molecule has 1 rings (SSSR count). The summed E-state index contributed by atoms with van der Waals surface area (Å²) in [5.74, 6) is -0.445. The molecule has 11 nitrogen and oxygen atoms in total. The third-order valence-electron chi connectivity index (χ3n) is 8.05. The molecule has 11 heteroatoms. The van der Waals surface area contributed by atoms with Crippen molar-refractivity contribution < 1.29 is 38.4 Å². The third kappa shape index (κ3) is 14.6. The summed E-state index contributed by atoms with van der Waals surface area (Å²) < 4.78 is 22.2. The van der Waals surface area contributed by atoms with Crippen LogP contribution >= 0.6 is 0 Å². The molecule has 0 bridgehead atoms. The maximum atomic E-state index is 13.4. The quantitative estimate of drug-likeness (QED) is 0.146. The lowest BCUT2D eigenvalue weighted by molar-refractivity contribution is -0.132. The summed E-state index contributed by atoms with van der Waals surface area (Å²) >= 11 is 0. The first-order valence-corrected chi connectivity index (χ1v) is 16.5. The van der Waals surface area contributed by atoms with Gasteiger partial charge in [-0.1, -0.05) is 47.6 Å². The Balaban J connectivity index is 3.31. The zero-order valence-electron chi connectivity index (χ0n) is 30.0. The number of aliphatic hydroxyl groups excluding tert-OH is 1. The van der Waals surface area contributed by atoms with Crippen LogP contribution in [0, 0.1) is 29.6 Å². The fraction of sp³-hybridized carbons (Fsp3) is 0.743. The Morgan fingerprint density at radius 1 is 0.891 bits per heavy atom. The molecular weight excluding hydrogens is 590 g/mol. The van der Waals surface area contributed by atoms with Gasteiger partial charge in [-0.3, -0.25) is 9.59 Å². The van der Waals surface area contributed by atoms with Gasteiger partial charge >= 0.3 is 6.09 Å². The number of hydrogen-bond donors (Lipinski definition) is 4. The van der Waals surface area contributed by atoms with E-state index in [1.165, 1.54) is 0 Å². The summed E-state index contributed by atoms with van der Waals surface area (Å²) in [6, 6.07) is 4.30. The van der Waals surface area contributed by atoms with Gasteiger partial charge in [0.2, 0.25) is 11.8 Å². The lowest BCUT2D eigenvalue weighted by atomic mass is 9.80. The van der Waals surface area contributed by atoms with Crippen molar-refractivity contribution in [1.82, 2.24) is 10.6 Å². The molecule has 0 heterocycles. The van der Waals surface area contributed by atoms with E-state index in [0.29, 0.717) is 37.6 Å². The number of rotatable bonds is 20. The number of benzene rings is 1. The Labute approximate surface area is 276 Å². The van der Waals surface area contributed by atoms with Crippen LogP contribution in [0.25, 0.3) is 0 Å². The minimum atomic E-state index is -1.08. The highest BCUT2D eigenvalue weighted by atomic mass is 16.6. The van der Waals surface area contributed by atoms with Gasteiger partial charge in [-0.2, -0.15) is 0 Å². The van der Waals surface area contributed by atoms with Crippen LogP contribution in [0.4, 0.5) is 4.79 Å². The first-order valence-electron chi connectivity index (χ1n) is 16.5. The van der Waals surface area contributed by atoms with Crippen LogP contribution in [0.15, 0.2) is 18.2 Å². The van der Waals surface area contributed by atoms with Gasteiger partial charge in [0, 0.05) is 26.1 Å². The molecule has 46 heavy (non-hydrogen) atoms. The van der Waals surface area contributed by atoms with E-state index < -0.39 is 41.7 Å². The molecule has 0 fully saturated rings. The molecule has 0 radical (unpaired) electrons. The van der Waals surface area contributed by atoms with Crippen molar-refractivity contribution in [2.75, 3.05) is 27.4 Å². The first kappa shape index (κ1) is 41.0. The Morgan fingerprint density at radius 2 is 1.54 bits per heavy atom. The molecule has 0 aliphatic heterocycles. The van der Waals surface area contributed by atoms with E-state index >= 15 is 0 Å². The van der Waals surface area contributed by atoms with Gasteiger partial charge in [0.15, 0.2) is 11.5 Å². The Morgan fingerprint density at radius 3 is 2.04 bits per heavy atom. The molecular formula is C35H61N3O8. The largest absolute Gasteiger partial charge is 0.493 e. The van der Waals surface area contributed by atoms with Crippen LogP contribution in [-0.2, 0) is 25.5 Å². The van der Waals surface area contributed by atoms with Crippen molar-refractivity contribution in [3.8, 4) is 11.5 Å². The minimum Gasteiger partial charge on any atom is -0.493 e. The van der Waals surface area contributed by atoms with Crippen molar-refractivity contribution in [3.05, 3.63) is 23.8 Å². The van der Waals surface area contributed by atoms with Gasteiger partial charge in [-0.05, 0) is 81.4 Å². The lowest BCUT2D eigenvalue weighted by Crippen LogP contribution is -2.52. The number of carbonyl (C=O) groups is 3. The second-order valence-corrected chi connectivity index (χ2v) is 14.2. The number of carbonyl (C=O) groups excluding carboxylic acids is 3. The Bertz CT molecular complexity index is 1090. The predicted molar refractivity (Wildman–Crippen MR) is 180 cm³/mol. The molecule has 1 aromatic rings. The summed E-state index contributed by atoms with van der Waals surface area (Å²) in [4.78, 5) is 38.3. The SMILES string of the molecule is COCCCOc1cc(C[C@@H](C[C@H](NC(=O)OC(C)(C)C)[C@@H](O)C[C@H](C(=O)N[C@H](C(N)=O)C(C)C)C(C)C)C(C)C)ccc1OC. The number of ether oxygens (including phenoxy) is 4. The number of aliphatic hydroxyl groups is 1. The average molecular weight is 652 g/mol. The van der Waals surface area contributed by atoms with Gasteiger partial charge < -0.3 is 40.4 Å². The molecule has 0 aromatic heterocycles. The predicted octanol–water partition coefficient (Wildman–Crippen LogP) is 4.86. The maximum Gasteiger partial charge on any atom is 0.407 e. The van der Waals surface area contributed by atoms with Crippen molar-refractivity contribution in [2.24, 2.45) is 35.3 Å². The molecule has 5 atom stereocenters. The zero-order valence-corrected chi connectivity index (χ0v) is 30.0. The van der Waals surface area contributed by atoms with E-state index in [-0.39, 0.29) is 36.0 Å². The normalized spacial score (nSPS) is 15.2. The van der Waals surface area contributed by atoms with Crippen LogP contribution in [0.1, 0.15) is 87.1 Å². The maximum absolute atomic E-state index is 13.4. The van der Waals surface area contributed by atoms with E-state index in [1.807, 2.05) is 32.0 Å². The van der Waals surface area contributed by atoms with E-state index in [4.69, 9.17) is 24.7 Å². The summed E-state index contributed by atoms with van der Waals surface area (Å²) in [5, 5.41) is 17.3. The lowest BCUT2D eigenvalue weighted by Gasteiger charge is -2.33. The first-order chi connectivity index (χ1) is 21.4. The average Bonchev–Trinajstić information content (AvgIpc) is 2.94. The number of methoxy groups -OCH3 is 2. The highest BCUT2D eigenvalue weighted by molar-refractivity contribution is 5.87. The van der Waals surface area contributed by atoms with Gasteiger partial charge in [0.1, 0.15) is 11.6 Å². The summed E-state index contributed by atoms with van der Waals surface area (Å²) in [6.07, 6.45) is 0.169.